The van der Waals surface area contributed by atoms with Crippen molar-refractivity contribution in [1.82, 2.24) is 15.5 Å². The average molecular weight is 359 g/mol. The molecule has 5 nitrogen and oxygen atoms in total. The number of nitrogens with one attached hydrogen (secondary N) is 2. The monoisotopic (exact) mass is 358 g/mol. The summed E-state index contributed by atoms with van der Waals surface area (Å²) in [5, 5.41) is 10.3. The highest BCUT2D eigenvalue weighted by Gasteiger charge is 2.25. The van der Waals surface area contributed by atoms with E-state index in [0.717, 1.165) is 32.0 Å². The van der Waals surface area contributed by atoms with Gasteiger partial charge in [0.1, 0.15) is 0 Å². The molecule has 6 heteroatoms. The molecule has 1 amide bonds. The molecule has 0 aliphatic carbocycles. The third-order valence-electron chi connectivity index (χ3n) is 4.50. The van der Waals surface area contributed by atoms with Crippen LogP contribution in [0.1, 0.15) is 32.3 Å². The van der Waals surface area contributed by atoms with E-state index in [1.807, 2.05) is 11.8 Å². The van der Waals surface area contributed by atoms with Gasteiger partial charge in [-0.1, -0.05) is 25.1 Å². The average Bonchev–Trinajstić information content (AvgIpc) is 3.26. The van der Waals surface area contributed by atoms with E-state index in [4.69, 9.17) is 4.99 Å². The highest BCUT2D eigenvalue weighted by molar-refractivity contribution is 7.17. The minimum Gasteiger partial charge on any atom is -0.357 e. The Balaban J connectivity index is 1.64. The fourth-order valence-electron chi connectivity index (χ4n) is 3.16. The largest absolute Gasteiger partial charge is 0.357 e. The summed E-state index contributed by atoms with van der Waals surface area (Å²) < 4.78 is 1.30. The Hall–Kier alpha value is -2.08. The van der Waals surface area contributed by atoms with E-state index in [1.165, 1.54) is 15.6 Å². The Kier molecular flexibility index (Phi) is 5.91. The van der Waals surface area contributed by atoms with Crippen LogP contribution in [0, 0.1) is 0 Å². The fraction of sp³-hybridized carbons (Fsp3) is 0.474. The molecule has 2 heterocycles. The Morgan fingerprint density at radius 1 is 1.36 bits per heavy atom. The summed E-state index contributed by atoms with van der Waals surface area (Å²) in [6.07, 6.45) is 1.55. The van der Waals surface area contributed by atoms with Gasteiger partial charge in [0.2, 0.25) is 5.91 Å². The summed E-state index contributed by atoms with van der Waals surface area (Å²) in [5.41, 5.74) is 1.26. The molecule has 2 aromatic rings. The summed E-state index contributed by atoms with van der Waals surface area (Å²) in [6.45, 7) is 7.06. The van der Waals surface area contributed by atoms with Crippen LogP contribution in [0.4, 0.5) is 0 Å². The number of nitrogens with zero attached hydrogens (tertiary/aromatic N) is 2. The van der Waals surface area contributed by atoms with Crippen molar-refractivity contribution in [2.24, 2.45) is 4.99 Å². The van der Waals surface area contributed by atoms with Crippen molar-refractivity contribution >= 4 is 33.3 Å². The van der Waals surface area contributed by atoms with Gasteiger partial charge in [-0.15, -0.1) is 11.3 Å². The molecule has 0 radical (unpaired) electrons. The third kappa shape index (κ3) is 4.31. The van der Waals surface area contributed by atoms with Crippen LogP contribution in [-0.2, 0) is 11.3 Å². The van der Waals surface area contributed by atoms with Crippen molar-refractivity contribution in [2.45, 2.75) is 39.3 Å². The lowest BCUT2D eigenvalue weighted by Gasteiger charge is -2.18. The molecular weight excluding hydrogens is 332 g/mol. The lowest BCUT2D eigenvalue weighted by Crippen LogP contribution is -2.45. The Labute approximate surface area is 153 Å². The quantitative estimate of drug-likeness (QED) is 0.638. The highest BCUT2D eigenvalue weighted by atomic mass is 32.1. The van der Waals surface area contributed by atoms with Crippen LogP contribution in [0.5, 0.6) is 0 Å². The second kappa shape index (κ2) is 8.34. The molecular formula is C19H26N4OS. The van der Waals surface area contributed by atoms with Crippen LogP contribution in [0.3, 0.4) is 0 Å². The first kappa shape index (κ1) is 17.7. The Morgan fingerprint density at radius 3 is 3.00 bits per heavy atom. The molecule has 1 aliphatic heterocycles. The number of carbonyl (C=O) groups is 1. The van der Waals surface area contributed by atoms with Crippen molar-refractivity contribution in [1.29, 1.82) is 0 Å². The molecule has 1 aromatic heterocycles. The molecule has 134 valence electrons. The van der Waals surface area contributed by atoms with E-state index in [-0.39, 0.29) is 11.9 Å². The van der Waals surface area contributed by atoms with Gasteiger partial charge in [-0.3, -0.25) is 4.79 Å². The van der Waals surface area contributed by atoms with E-state index in [2.05, 4.69) is 47.2 Å². The van der Waals surface area contributed by atoms with Crippen molar-refractivity contribution in [3.05, 3.63) is 35.2 Å². The van der Waals surface area contributed by atoms with Crippen molar-refractivity contribution in [3.8, 4) is 0 Å². The predicted octanol–water partition coefficient (Wildman–Crippen LogP) is 2.97. The van der Waals surface area contributed by atoms with Crippen LogP contribution >= 0.6 is 11.3 Å². The van der Waals surface area contributed by atoms with Crippen LogP contribution < -0.4 is 10.6 Å². The smallest absolute Gasteiger partial charge is 0.222 e. The fourth-order valence-corrected chi connectivity index (χ4v) is 4.12. The van der Waals surface area contributed by atoms with E-state index in [0.29, 0.717) is 13.0 Å². The van der Waals surface area contributed by atoms with Crippen LogP contribution in [0.2, 0.25) is 0 Å². The number of thiophene rings is 1. The summed E-state index contributed by atoms with van der Waals surface area (Å²) in [4.78, 5) is 18.5. The first-order valence-electron chi connectivity index (χ1n) is 8.99. The molecule has 0 bridgehead atoms. The molecule has 1 atom stereocenters. The first-order chi connectivity index (χ1) is 12.2. The van der Waals surface area contributed by atoms with Gasteiger partial charge in [0.15, 0.2) is 5.96 Å². The maximum atomic E-state index is 11.8. The van der Waals surface area contributed by atoms with Gasteiger partial charge in [-0.2, -0.15) is 0 Å². The number of amides is 1. The third-order valence-corrected chi connectivity index (χ3v) is 5.51. The van der Waals surface area contributed by atoms with Gasteiger partial charge < -0.3 is 15.5 Å². The van der Waals surface area contributed by atoms with E-state index in [1.54, 1.807) is 11.3 Å². The summed E-state index contributed by atoms with van der Waals surface area (Å²) in [7, 11) is 0. The number of aliphatic imine (C=N–C) groups is 1. The van der Waals surface area contributed by atoms with Crippen molar-refractivity contribution in [3.63, 3.8) is 0 Å². The zero-order valence-corrected chi connectivity index (χ0v) is 15.7. The summed E-state index contributed by atoms with van der Waals surface area (Å²) >= 11 is 1.76. The topological polar surface area (TPSA) is 56.7 Å². The second-order valence-corrected chi connectivity index (χ2v) is 7.19. The van der Waals surface area contributed by atoms with Gasteiger partial charge >= 0.3 is 0 Å². The molecule has 25 heavy (non-hydrogen) atoms. The second-order valence-electron chi connectivity index (χ2n) is 6.28. The SMILES string of the molecule is CCNC(=NCc1csc2ccccc12)NC1CCN(C(=O)CC)C1. The van der Waals surface area contributed by atoms with Gasteiger partial charge in [-0.05, 0) is 35.7 Å². The van der Waals surface area contributed by atoms with Gasteiger partial charge in [0, 0.05) is 36.8 Å². The lowest BCUT2D eigenvalue weighted by molar-refractivity contribution is -0.129. The molecule has 0 saturated carbocycles. The molecule has 1 saturated heterocycles. The normalized spacial score (nSPS) is 17.9. The zero-order chi connectivity index (χ0) is 17.6. The van der Waals surface area contributed by atoms with E-state index < -0.39 is 0 Å². The molecule has 1 aromatic carbocycles. The summed E-state index contributed by atoms with van der Waals surface area (Å²) in [5.74, 6) is 1.06. The molecule has 1 fully saturated rings. The maximum absolute atomic E-state index is 11.8. The molecule has 3 rings (SSSR count). The Morgan fingerprint density at radius 2 is 2.20 bits per heavy atom. The molecule has 1 aliphatic rings. The highest BCUT2D eigenvalue weighted by Crippen LogP contribution is 2.26. The lowest BCUT2D eigenvalue weighted by atomic mass is 10.2. The maximum Gasteiger partial charge on any atom is 0.222 e. The standard InChI is InChI=1S/C19H26N4OS/c1-3-18(24)23-10-9-15(12-23)22-19(20-4-2)21-11-14-13-25-17-8-6-5-7-16(14)17/h5-8,13,15H,3-4,9-12H2,1-2H3,(H2,20,21,22). The van der Waals surface area contributed by atoms with Crippen molar-refractivity contribution in [2.75, 3.05) is 19.6 Å². The molecule has 0 spiro atoms. The number of rotatable bonds is 5. The van der Waals surface area contributed by atoms with Crippen LogP contribution in [0.15, 0.2) is 34.6 Å². The first-order valence-corrected chi connectivity index (χ1v) is 9.87. The number of hydrogen-bond acceptors (Lipinski definition) is 3. The van der Waals surface area contributed by atoms with E-state index >= 15 is 0 Å². The predicted molar refractivity (Wildman–Crippen MR) is 105 cm³/mol. The number of carbonyl (C=O) groups excluding carboxylic acids is 1. The van der Waals surface area contributed by atoms with Gasteiger partial charge in [0.05, 0.1) is 6.54 Å². The number of guanidine groups is 1. The zero-order valence-electron chi connectivity index (χ0n) is 14.9. The molecule has 2 N–H and O–H groups in total. The van der Waals surface area contributed by atoms with Crippen molar-refractivity contribution < 1.29 is 4.79 Å². The number of hydrogen-bond donors (Lipinski definition) is 2. The molecule has 1 unspecified atom stereocenters. The van der Waals surface area contributed by atoms with Crippen LogP contribution in [-0.4, -0.2) is 42.4 Å². The Bertz CT molecular complexity index is 755. The number of fused-ring (bicyclic) bond motifs is 1. The summed E-state index contributed by atoms with van der Waals surface area (Å²) in [6, 6.07) is 8.72. The van der Waals surface area contributed by atoms with E-state index in [9.17, 15) is 4.79 Å². The van der Waals surface area contributed by atoms with Crippen LogP contribution in [0.25, 0.3) is 10.1 Å². The number of likely N-dealkylation sites (tertiary alicyclic amines) is 1. The van der Waals surface area contributed by atoms with Gasteiger partial charge in [-0.25, -0.2) is 4.99 Å². The minimum absolute atomic E-state index is 0.232. The number of benzene rings is 1. The minimum atomic E-state index is 0.232. The van der Waals surface area contributed by atoms with Gasteiger partial charge in [0.25, 0.3) is 0 Å².